The maximum atomic E-state index is 12.4. The van der Waals surface area contributed by atoms with Gasteiger partial charge in [0.15, 0.2) is 0 Å². The van der Waals surface area contributed by atoms with E-state index in [1.54, 1.807) is 6.07 Å². The minimum atomic E-state index is -1.40. The number of carboxylic acid groups (broad SMARTS) is 1. The number of amides is 2. The Balaban J connectivity index is 2.37. The average Bonchev–Trinajstić information content (AvgIpc) is 2.70. The van der Waals surface area contributed by atoms with E-state index >= 15 is 0 Å². The quantitative estimate of drug-likeness (QED) is 0.650. The summed E-state index contributed by atoms with van der Waals surface area (Å²) in [5.41, 5.74) is 2.09. The Morgan fingerprint density at radius 2 is 1.82 bits per heavy atom. The number of carbonyl (C=O) groups excluding carboxylic acids is 3. The maximum absolute atomic E-state index is 12.4. The Bertz CT molecular complexity index is 679. The van der Waals surface area contributed by atoms with Gasteiger partial charge in [-0.3, -0.25) is 14.4 Å². The van der Waals surface area contributed by atoms with Crippen molar-refractivity contribution in [2.75, 3.05) is 0 Å². The van der Waals surface area contributed by atoms with E-state index in [-0.39, 0.29) is 11.1 Å². The smallest absolute Gasteiger partial charge is 0.344 e. The molecule has 1 aliphatic rings. The third-order valence-electron chi connectivity index (χ3n) is 3.45. The van der Waals surface area contributed by atoms with Crippen LogP contribution in [0.2, 0.25) is 0 Å². The molecular weight excluding hydrogens is 290 g/mol. The molecule has 0 bridgehead atoms. The number of benzene rings is 1. The molecule has 1 aromatic carbocycles. The molecule has 0 saturated carbocycles. The second-order valence-electron chi connectivity index (χ2n) is 4.77. The average molecular weight is 305 g/mol. The standard InChI is InChI=1S/C15H15NO6/c1-3-8-5-6-10-13(9(8)4-2)15(21)16(14(10)20)22-12(19)7-11(17)18/h5-6H,3-4,7H2,1-2H3,(H,17,18). The summed E-state index contributed by atoms with van der Waals surface area (Å²) < 4.78 is 0. The van der Waals surface area contributed by atoms with Crippen molar-refractivity contribution in [1.82, 2.24) is 5.06 Å². The summed E-state index contributed by atoms with van der Waals surface area (Å²) >= 11 is 0. The lowest BCUT2D eigenvalue weighted by Gasteiger charge is -2.12. The van der Waals surface area contributed by atoms with Crippen LogP contribution in [-0.4, -0.2) is 33.9 Å². The number of nitrogens with zero attached hydrogens (tertiary/aromatic N) is 1. The predicted octanol–water partition coefficient (Wildman–Crippen LogP) is 1.34. The van der Waals surface area contributed by atoms with Crippen LogP contribution in [0.3, 0.4) is 0 Å². The molecule has 1 aliphatic heterocycles. The largest absolute Gasteiger partial charge is 0.481 e. The molecule has 0 atom stereocenters. The van der Waals surface area contributed by atoms with Gasteiger partial charge >= 0.3 is 11.9 Å². The van der Waals surface area contributed by atoms with Crippen LogP contribution in [0.15, 0.2) is 12.1 Å². The fourth-order valence-corrected chi connectivity index (χ4v) is 2.49. The molecule has 0 spiro atoms. The van der Waals surface area contributed by atoms with Crippen LogP contribution >= 0.6 is 0 Å². The molecule has 0 fully saturated rings. The molecule has 0 aliphatic carbocycles. The van der Waals surface area contributed by atoms with Gasteiger partial charge in [0, 0.05) is 0 Å². The first-order valence-corrected chi connectivity index (χ1v) is 6.86. The lowest BCUT2D eigenvalue weighted by Crippen LogP contribution is -2.33. The normalized spacial score (nSPS) is 13.3. The van der Waals surface area contributed by atoms with Crippen LogP contribution in [0, 0.1) is 0 Å². The molecule has 7 heteroatoms. The number of hydrogen-bond acceptors (Lipinski definition) is 5. The van der Waals surface area contributed by atoms with Crippen molar-refractivity contribution in [2.24, 2.45) is 0 Å². The first-order chi connectivity index (χ1) is 10.4. The highest BCUT2D eigenvalue weighted by atomic mass is 16.7. The summed E-state index contributed by atoms with van der Waals surface area (Å²) in [5.74, 6) is -4.05. The van der Waals surface area contributed by atoms with E-state index in [1.807, 2.05) is 13.8 Å². The zero-order chi connectivity index (χ0) is 16.4. The third-order valence-corrected chi connectivity index (χ3v) is 3.45. The second kappa shape index (κ2) is 5.97. The first kappa shape index (κ1) is 15.7. The molecule has 0 aromatic heterocycles. The van der Waals surface area contributed by atoms with E-state index in [1.165, 1.54) is 6.07 Å². The number of carbonyl (C=O) groups is 4. The fourth-order valence-electron chi connectivity index (χ4n) is 2.49. The van der Waals surface area contributed by atoms with Crippen LogP contribution in [0.25, 0.3) is 0 Å². The van der Waals surface area contributed by atoms with Gasteiger partial charge in [-0.2, -0.15) is 0 Å². The summed E-state index contributed by atoms with van der Waals surface area (Å²) in [7, 11) is 0. The van der Waals surface area contributed by atoms with Crippen molar-refractivity contribution >= 4 is 23.8 Å². The van der Waals surface area contributed by atoms with E-state index in [0.29, 0.717) is 17.9 Å². The summed E-state index contributed by atoms with van der Waals surface area (Å²) in [6, 6.07) is 3.30. The van der Waals surface area contributed by atoms with E-state index in [9.17, 15) is 19.2 Å². The van der Waals surface area contributed by atoms with E-state index in [0.717, 1.165) is 11.1 Å². The van der Waals surface area contributed by atoms with Crippen molar-refractivity contribution in [3.8, 4) is 0 Å². The minimum Gasteiger partial charge on any atom is -0.481 e. The Morgan fingerprint density at radius 1 is 1.14 bits per heavy atom. The number of aliphatic carboxylic acids is 1. The van der Waals surface area contributed by atoms with Crippen LogP contribution in [0.5, 0.6) is 0 Å². The zero-order valence-corrected chi connectivity index (χ0v) is 12.2. The SMILES string of the molecule is CCc1ccc2c(c1CC)C(=O)N(OC(=O)CC(=O)O)C2=O. The highest BCUT2D eigenvalue weighted by Crippen LogP contribution is 2.29. The Hall–Kier alpha value is -2.70. The molecule has 0 radical (unpaired) electrons. The van der Waals surface area contributed by atoms with Gasteiger partial charge in [0.25, 0.3) is 11.8 Å². The molecular formula is C15H15NO6. The van der Waals surface area contributed by atoms with Gasteiger partial charge in [-0.1, -0.05) is 25.0 Å². The van der Waals surface area contributed by atoms with Crippen LogP contribution in [0.4, 0.5) is 0 Å². The Morgan fingerprint density at radius 3 is 2.36 bits per heavy atom. The topological polar surface area (TPSA) is 101 Å². The molecule has 22 heavy (non-hydrogen) atoms. The summed E-state index contributed by atoms with van der Waals surface area (Å²) in [5, 5.41) is 8.87. The van der Waals surface area contributed by atoms with Gasteiger partial charge < -0.3 is 9.94 Å². The first-order valence-electron chi connectivity index (χ1n) is 6.86. The van der Waals surface area contributed by atoms with Crippen LogP contribution in [0.1, 0.15) is 52.1 Å². The fraction of sp³-hybridized carbons (Fsp3) is 0.333. The van der Waals surface area contributed by atoms with Gasteiger partial charge in [0.2, 0.25) is 0 Å². The number of fused-ring (bicyclic) bond motifs is 1. The molecule has 0 unspecified atom stereocenters. The van der Waals surface area contributed by atoms with E-state index in [4.69, 9.17) is 5.11 Å². The van der Waals surface area contributed by atoms with Crippen LogP contribution in [-0.2, 0) is 27.3 Å². The number of rotatable bonds is 5. The molecule has 1 heterocycles. The molecule has 7 nitrogen and oxygen atoms in total. The number of hydrogen-bond donors (Lipinski definition) is 1. The number of hydroxylamine groups is 2. The van der Waals surface area contributed by atoms with Crippen molar-refractivity contribution in [3.05, 3.63) is 34.4 Å². The molecule has 2 amide bonds. The van der Waals surface area contributed by atoms with Crippen molar-refractivity contribution < 1.29 is 29.1 Å². The predicted molar refractivity (Wildman–Crippen MR) is 74.0 cm³/mol. The van der Waals surface area contributed by atoms with Gasteiger partial charge in [0.05, 0.1) is 11.1 Å². The minimum absolute atomic E-state index is 0.169. The monoisotopic (exact) mass is 305 g/mol. The van der Waals surface area contributed by atoms with E-state index in [2.05, 4.69) is 4.84 Å². The third kappa shape index (κ3) is 2.57. The zero-order valence-electron chi connectivity index (χ0n) is 12.2. The van der Waals surface area contributed by atoms with Crippen molar-refractivity contribution in [3.63, 3.8) is 0 Å². The van der Waals surface area contributed by atoms with Crippen molar-refractivity contribution in [2.45, 2.75) is 33.1 Å². The molecule has 0 saturated heterocycles. The highest BCUT2D eigenvalue weighted by Gasteiger charge is 2.41. The second-order valence-corrected chi connectivity index (χ2v) is 4.77. The van der Waals surface area contributed by atoms with Gasteiger partial charge in [-0.05, 0) is 30.0 Å². The van der Waals surface area contributed by atoms with Gasteiger partial charge in [-0.15, -0.1) is 0 Å². The molecule has 2 rings (SSSR count). The van der Waals surface area contributed by atoms with Gasteiger partial charge in [0.1, 0.15) is 6.42 Å². The molecule has 116 valence electrons. The molecule has 1 N–H and O–H groups in total. The summed E-state index contributed by atoms with van der Waals surface area (Å²) in [6.45, 7) is 3.80. The van der Waals surface area contributed by atoms with E-state index < -0.39 is 30.2 Å². The Labute approximate surface area is 126 Å². The lowest BCUT2D eigenvalue weighted by molar-refractivity contribution is -0.171. The maximum Gasteiger partial charge on any atom is 0.344 e. The number of imide groups is 1. The van der Waals surface area contributed by atoms with Crippen LogP contribution < -0.4 is 0 Å². The number of aryl methyl sites for hydroxylation is 1. The highest BCUT2D eigenvalue weighted by molar-refractivity contribution is 6.21. The Kier molecular flexibility index (Phi) is 4.25. The molecule has 1 aromatic rings. The lowest BCUT2D eigenvalue weighted by atomic mass is 9.94. The van der Waals surface area contributed by atoms with Crippen molar-refractivity contribution in [1.29, 1.82) is 0 Å². The summed E-state index contributed by atoms with van der Waals surface area (Å²) in [4.78, 5) is 51.0. The van der Waals surface area contributed by atoms with Gasteiger partial charge in [-0.25, -0.2) is 4.79 Å². The summed E-state index contributed by atoms with van der Waals surface area (Å²) in [6.07, 6.45) is 0.341. The number of carboxylic acids is 1.